The van der Waals surface area contributed by atoms with Crippen molar-refractivity contribution in [3.8, 4) is 5.75 Å². The van der Waals surface area contributed by atoms with Crippen LogP contribution in [-0.2, 0) is 17.9 Å². The van der Waals surface area contributed by atoms with Crippen LogP contribution >= 0.6 is 0 Å². The van der Waals surface area contributed by atoms with E-state index in [1.54, 1.807) is 23.9 Å². The molecular weight excluding hydrogens is 446 g/mol. The summed E-state index contributed by atoms with van der Waals surface area (Å²) in [6.45, 7) is 5.53. The molecule has 1 aliphatic heterocycles. The fourth-order valence-corrected chi connectivity index (χ4v) is 4.02. The lowest BCUT2D eigenvalue weighted by molar-refractivity contribution is 0.155. The van der Waals surface area contributed by atoms with Crippen LogP contribution < -0.4 is 20.6 Å². The molecule has 0 saturated carbocycles. The van der Waals surface area contributed by atoms with Gasteiger partial charge in [-0.25, -0.2) is 9.59 Å². The van der Waals surface area contributed by atoms with E-state index >= 15 is 0 Å². The van der Waals surface area contributed by atoms with Crippen LogP contribution in [0.2, 0.25) is 0 Å². The highest BCUT2D eigenvalue weighted by atomic mass is 16.5. The van der Waals surface area contributed by atoms with Crippen molar-refractivity contribution in [3.05, 3.63) is 82.9 Å². The van der Waals surface area contributed by atoms with E-state index in [2.05, 4.69) is 32.2 Å². The second kappa shape index (κ2) is 12.0. The van der Waals surface area contributed by atoms with Gasteiger partial charge in [-0.1, -0.05) is 30.3 Å². The molecule has 2 aromatic carbocycles. The van der Waals surface area contributed by atoms with Crippen molar-refractivity contribution in [2.75, 3.05) is 50.1 Å². The Hall–Kier alpha value is -3.85. The van der Waals surface area contributed by atoms with Crippen LogP contribution in [0, 0.1) is 0 Å². The number of piperazine rings is 1. The Labute approximate surface area is 204 Å². The number of carbonyl (C=O) groups excluding carboxylic acids is 1. The monoisotopic (exact) mass is 477 g/mol. The zero-order valence-corrected chi connectivity index (χ0v) is 19.9. The molecule has 1 fully saturated rings. The molecule has 4 rings (SSSR count). The maximum Gasteiger partial charge on any atom is 0.413 e. The minimum Gasteiger partial charge on any atom is -0.497 e. The Bertz CT molecular complexity index is 1140. The third kappa shape index (κ3) is 7.07. The summed E-state index contributed by atoms with van der Waals surface area (Å²) in [7, 11) is 1.67. The molecule has 0 spiro atoms. The number of nitrogens with one attached hydrogen (secondary N) is 1. The number of amides is 1. The smallest absolute Gasteiger partial charge is 0.413 e. The highest BCUT2D eigenvalue weighted by molar-refractivity contribution is 5.83. The molecule has 1 N–H and O–H groups in total. The molecule has 1 saturated heterocycles. The Balaban J connectivity index is 1.17. The van der Waals surface area contributed by atoms with Gasteiger partial charge < -0.3 is 14.4 Å². The number of anilines is 2. The molecule has 0 unspecified atom stereocenters. The summed E-state index contributed by atoms with van der Waals surface area (Å²) in [5.74, 6) is 1.04. The first-order valence-corrected chi connectivity index (χ1v) is 11.8. The molecule has 0 atom stereocenters. The van der Waals surface area contributed by atoms with Crippen LogP contribution in [0.5, 0.6) is 5.75 Å². The van der Waals surface area contributed by atoms with Crippen molar-refractivity contribution in [3.63, 3.8) is 0 Å². The zero-order chi connectivity index (χ0) is 24.5. The minimum atomic E-state index is -0.646. The van der Waals surface area contributed by atoms with Crippen LogP contribution in [0.1, 0.15) is 12.0 Å². The minimum absolute atomic E-state index is 0.151. The number of hydrogen-bond acceptors (Lipinski definition) is 7. The van der Waals surface area contributed by atoms with Gasteiger partial charge in [-0.05, 0) is 48.9 Å². The molecule has 3 aromatic rings. The third-order valence-corrected chi connectivity index (χ3v) is 6.00. The van der Waals surface area contributed by atoms with Gasteiger partial charge in [0, 0.05) is 44.6 Å². The standard InChI is InChI=1S/C26H31N5O4/c1-34-23-10-8-22(9-11-23)30-18-16-29(17-19-30)13-5-14-31-15-12-24(27-25(31)32)28-26(33)35-20-21-6-3-2-4-7-21/h2-4,6-12,15H,5,13-14,16-20H2,1H3,(H,27,28,32,33). The molecule has 0 bridgehead atoms. The van der Waals surface area contributed by atoms with E-state index in [0.717, 1.165) is 50.5 Å². The fourth-order valence-electron chi connectivity index (χ4n) is 4.02. The first kappa shape index (κ1) is 24.3. The Morgan fingerprint density at radius 3 is 2.40 bits per heavy atom. The van der Waals surface area contributed by atoms with E-state index in [1.165, 1.54) is 5.69 Å². The highest BCUT2D eigenvalue weighted by Gasteiger charge is 2.17. The summed E-state index contributed by atoms with van der Waals surface area (Å²) < 4.78 is 12.0. The van der Waals surface area contributed by atoms with Gasteiger partial charge in [0.2, 0.25) is 0 Å². The third-order valence-electron chi connectivity index (χ3n) is 6.00. The molecule has 9 heteroatoms. The molecule has 0 aliphatic carbocycles. The Morgan fingerprint density at radius 1 is 0.971 bits per heavy atom. The first-order chi connectivity index (χ1) is 17.1. The van der Waals surface area contributed by atoms with E-state index in [9.17, 15) is 9.59 Å². The summed E-state index contributed by atoms with van der Waals surface area (Å²) in [6.07, 6.45) is 1.85. The van der Waals surface area contributed by atoms with Crippen molar-refractivity contribution in [2.45, 2.75) is 19.6 Å². The SMILES string of the molecule is COc1ccc(N2CCN(CCCn3ccc(NC(=O)OCc4ccccc4)nc3=O)CC2)cc1. The summed E-state index contributed by atoms with van der Waals surface area (Å²) in [4.78, 5) is 33.1. The molecule has 9 nitrogen and oxygen atoms in total. The zero-order valence-electron chi connectivity index (χ0n) is 19.9. The van der Waals surface area contributed by atoms with E-state index in [-0.39, 0.29) is 12.4 Å². The lowest BCUT2D eigenvalue weighted by Gasteiger charge is -2.36. The molecule has 35 heavy (non-hydrogen) atoms. The van der Waals surface area contributed by atoms with Crippen molar-refractivity contribution in [1.29, 1.82) is 0 Å². The molecule has 184 valence electrons. The Morgan fingerprint density at radius 2 is 1.71 bits per heavy atom. The van der Waals surface area contributed by atoms with E-state index in [1.807, 2.05) is 42.5 Å². The average Bonchev–Trinajstić information content (AvgIpc) is 2.90. The summed E-state index contributed by atoms with van der Waals surface area (Å²) in [5.41, 5.74) is 1.70. The second-order valence-electron chi connectivity index (χ2n) is 8.36. The van der Waals surface area contributed by atoms with Crippen LogP contribution in [0.25, 0.3) is 0 Å². The van der Waals surface area contributed by atoms with Gasteiger partial charge in [0.15, 0.2) is 0 Å². The molecule has 1 aromatic heterocycles. The number of hydrogen-bond donors (Lipinski definition) is 1. The van der Waals surface area contributed by atoms with E-state index < -0.39 is 11.8 Å². The fraction of sp³-hybridized carbons (Fsp3) is 0.346. The normalized spacial score (nSPS) is 13.9. The van der Waals surface area contributed by atoms with E-state index in [4.69, 9.17) is 9.47 Å². The second-order valence-corrected chi connectivity index (χ2v) is 8.36. The number of benzene rings is 2. The number of rotatable bonds is 9. The molecule has 2 heterocycles. The number of ether oxygens (including phenoxy) is 2. The van der Waals surface area contributed by atoms with Crippen molar-refractivity contribution < 1.29 is 14.3 Å². The first-order valence-electron chi connectivity index (χ1n) is 11.8. The summed E-state index contributed by atoms with van der Waals surface area (Å²) in [5, 5.41) is 2.51. The van der Waals surface area contributed by atoms with Crippen LogP contribution in [0.3, 0.4) is 0 Å². The van der Waals surface area contributed by atoms with Crippen LogP contribution in [0.15, 0.2) is 71.7 Å². The lowest BCUT2D eigenvalue weighted by atomic mass is 10.2. The van der Waals surface area contributed by atoms with Crippen molar-refractivity contribution >= 4 is 17.6 Å². The topological polar surface area (TPSA) is 88.9 Å². The quantitative estimate of drug-likeness (QED) is 0.506. The van der Waals surface area contributed by atoms with Gasteiger partial charge in [-0.2, -0.15) is 4.98 Å². The van der Waals surface area contributed by atoms with Crippen molar-refractivity contribution in [2.24, 2.45) is 0 Å². The van der Waals surface area contributed by atoms with Gasteiger partial charge >= 0.3 is 11.8 Å². The van der Waals surface area contributed by atoms with Gasteiger partial charge in [-0.3, -0.25) is 14.8 Å². The average molecular weight is 478 g/mol. The van der Waals surface area contributed by atoms with E-state index in [0.29, 0.717) is 6.54 Å². The molecule has 0 radical (unpaired) electrons. The molecule has 1 aliphatic rings. The van der Waals surface area contributed by atoms with Gasteiger partial charge in [0.25, 0.3) is 0 Å². The maximum absolute atomic E-state index is 12.4. The lowest BCUT2D eigenvalue weighted by Crippen LogP contribution is -2.46. The molecule has 1 amide bonds. The van der Waals surface area contributed by atoms with Gasteiger partial charge in [0.1, 0.15) is 18.2 Å². The van der Waals surface area contributed by atoms with Gasteiger partial charge in [-0.15, -0.1) is 0 Å². The maximum atomic E-state index is 12.4. The highest BCUT2D eigenvalue weighted by Crippen LogP contribution is 2.20. The van der Waals surface area contributed by atoms with Crippen molar-refractivity contribution in [1.82, 2.24) is 14.5 Å². The predicted octanol–water partition coefficient (Wildman–Crippen LogP) is 3.21. The van der Waals surface area contributed by atoms with Crippen LogP contribution in [-0.4, -0.2) is 60.4 Å². The number of methoxy groups -OCH3 is 1. The van der Waals surface area contributed by atoms with Crippen LogP contribution in [0.4, 0.5) is 16.3 Å². The number of carbonyl (C=O) groups is 1. The summed E-state index contributed by atoms with van der Waals surface area (Å²) >= 11 is 0. The van der Waals surface area contributed by atoms with Gasteiger partial charge in [0.05, 0.1) is 7.11 Å². The molecular formula is C26H31N5O4. The number of aryl methyl sites for hydroxylation is 1. The number of aromatic nitrogens is 2. The Kier molecular flexibility index (Phi) is 8.34. The summed E-state index contributed by atoms with van der Waals surface area (Å²) in [6, 6.07) is 19.2. The largest absolute Gasteiger partial charge is 0.497 e. The predicted molar refractivity (Wildman–Crippen MR) is 135 cm³/mol. The number of nitrogens with zero attached hydrogens (tertiary/aromatic N) is 4.